The van der Waals surface area contributed by atoms with Crippen LogP contribution in [0.3, 0.4) is 0 Å². The number of para-hydroxylation sites is 1. The fourth-order valence-electron chi connectivity index (χ4n) is 2.02. The van der Waals surface area contributed by atoms with Gasteiger partial charge in [0.15, 0.2) is 4.90 Å². The summed E-state index contributed by atoms with van der Waals surface area (Å²) in [6, 6.07) is 4.85. The van der Waals surface area contributed by atoms with E-state index in [-0.39, 0.29) is 19.6 Å². The molecule has 1 N–H and O–H groups in total. The first kappa shape index (κ1) is 21.0. The standard InChI is InChI=1S/C15H22N2O7S/c1-15(2,3)24-10-6-9-16(11-14(18)19)25(22,23)13-8-5-4-7-12(13)17(20)21/h4-5,7-8H,6,9-11H2,1-3H3,(H,18,19). The van der Waals surface area contributed by atoms with Crippen molar-refractivity contribution in [3.63, 3.8) is 0 Å². The lowest BCUT2D eigenvalue weighted by atomic mass is 10.2. The number of carbonyl (C=O) groups is 1. The molecule has 1 aromatic rings. The summed E-state index contributed by atoms with van der Waals surface area (Å²) in [5.41, 5.74) is -1.00. The smallest absolute Gasteiger partial charge is 0.318 e. The summed E-state index contributed by atoms with van der Waals surface area (Å²) in [7, 11) is -4.33. The minimum absolute atomic E-state index is 0.128. The fourth-order valence-corrected chi connectivity index (χ4v) is 3.60. The summed E-state index contributed by atoms with van der Waals surface area (Å²) in [5.74, 6) is -1.35. The van der Waals surface area contributed by atoms with Crippen LogP contribution >= 0.6 is 0 Å². The molecule has 140 valence electrons. The zero-order chi connectivity index (χ0) is 19.3. The van der Waals surface area contributed by atoms with Crippen molar-refractivity contribution in [2.75, 3.05) is 19.7 Å². The summed E-state index contributed by atoms with van der Waals surface area (Å²) < 4.78 is 31.6. The van der Waals surface area contributed by atoms with Crippen LogP contribution in [0.1, 0.15) is 27.2 Å². The van der Waals surface area contributed by atoms with Crippen molar-refractivity contribution < 1.29 is 28.0 Å². The number of benzene rings is 1. The van der Waals surface area contributed by atoms with Crippen molar-refractivity contribution in [1.29, 1.82) is 0 Å². The van der Waals surface area contributed by atoms with Crippen LogP contribution in [-0.2, 0) is 19.6 Å². The van der Waals surface area contributed by atoms with Crippen molar-refractivity contribution in [1.82, 2.24) is 4.31 Å². The topological polar surface area (TPSA) is 127 Å². The van der Waals surface area contributed by atoms with Crippen LogP contribution < -0.4 is 0 Å². The van der Waals surface area contributed by atoms with E-state index in [4.69, 9.17) is 9.84 Å². The Morgan fingerprint density at radius 2 is 1.92 bits per heavy atom. The summed E-state index contributed by atoms with van der Waals surface area (Å²) in [6.07, 6.45) is 0.254. The summed E-state index contributed by atoms with van der Waals surface area (Å²) in [6.45, 7) is 4.83. The maximum atomic E-state index is 12.7. The van der Waals surface area contributed by atoms with Gasteiger partial charge in [-0.3, -0.25) is 14.9 Å². The van der Waals surface area contributed by atoms with E-state index in [9.17, 15) is 23.3 Å². The number of carboxylic acid groups (broad SMARTS) is 1. The highest BCUT2D eigenvalue weighted by molar-refractivity contribution is 7.89. The molecule has 0 saturated heterocycles. The summed E-state index contributed by atoms with van der Waals surface area (Å²) >= 11 is 0. The average Bonchev–Trinajstić information content (AvgIpc) is 2.48. The Labute approximate surface area is 146 Å². The molecule has 0 atom stereocenters. The highest BCUT2D eigenvalue weighted by Gasteiger charge is 2.32. The molecule has 25 heavy (non-hydrogen) atoms. The van der Waals surface area contributed by atoms with Gasteiger partial charge in [0.25, 0.3) is 5.69 Å². The van der Waals surface area contributed by atoms with Crippen molar-refractivity contribution in [3.8, 4) is 0 Å². The van der Waals surface area contributed by atoms with Gasteiger partial charge < -0.3 is 9.84 Å². The van der Waals surface area contributed by atoms with E-state index in [1.54, 1.807) is 0 Å². The van der Waals surface area contributed by atoms with Crippen LogP contribution in [0.4, 0.5) is 5.69 Å². The molecule has 0 fully saturated rings. The Morgan fingerprint density at radius 1 is 1.32 bits per heavy atom. The van der Waals surface area contributed by atoms with Gasteiger partial charge in [-0.2, -0.15) is 4.31 Å². The van der Waals surface area contributed by atoms with E-state index in [2.05, 4.69) is 0 Å². The first-order chi connectivity index (χ1) is 11.4. The summed E-state index contributed by atoms with van der Waals surface area (Å²) in [5, 5.41) is 20.1. The second-order valence-corrected chi connectivity index (χ2v) is 8.18. The van der Waals surface area contributed by atoms with Gasteiger partial charge >= 0.3 is 5.97 Å². The molecular formula is C15H22N2O7S. The van der Waals surface area contributed by atoms with Gasteiger partial charge in [0.2, 0.25) is 10.0 Å². The van der Waals surface area contributed by atoms with Crippen LogP contribution in [-0.4, -0.2) is 54.0 Å². The van der Waals surface area contributed by atoms with E-state index in [0.29, 0.717) is 4.31 Å². The fraction of sp³-hybridized carbons (Fsp3) is 0.533. The van der Waals surface area contributed by atoms with Gasteiger partial charge in [-0.15, -0.1) is 0 Å². The monoisotopic (exact) mass is 374 g/mol. The Hall–Kier alpha value is -2.04. The van der Waals surface area contributed by atoms with Gasteiger partial charge in [0.1, 0.15) is 6.54 Å². The van der Waals surface area contributed by atoms with Crippen LogP contribution in [0.15, 0.2) is 29.2 Å². The number of sulfonamides is 1. The maximum absolute atomic E-state index is 12.7. The zero-order valence-corrected chi connectivity index (χ0v) is 15.2. The lowest BCUT2D eigenvalue weighted by Crippen LogP contribution is -2.37. The number of aliphatic carboxylic acids is 1. The Morgan fingerprint density at radius 3 is 2.44 bits per heavy atom. The lowest BCUT2D eigenvalue weighted by Gasteiger charge is -2.22. The highest BCUT2D eigenvalue weighted by Crippen LogP contribution is 2.26. The molecule has 0 aromatic heterocycles. The van der Waals surface area contributed by atoms with Crippen LogP contribution in [0, 0.1) is 10.1 Å². The number of ether oxygens (including phenoxy) is 1. The number of rotatable bonds is 9. The molecule has 0 heterocycles. The quantitative estimate of drug-likeness (QED) is 0.397. The van der Waals surface area contributed by atoms with Crippen LogP contribution in [0.2, 0.25) is 0 Å². The second kappa shape index (κ2) is 8.37. The lowest BCUT2D eigenvalue weighted by molar-refractivity contribution is -0.387. The van der Waals surface area contributed by atoms with Crippen molar-refractivity contribution in [2.45, 2.75) is 37.7 Å². The largest absolute Gasteiger partial charge is 0.480 e. The Kier molecular flexibility index (Phi) is 7.03. The molecule has 0 aliphatic heterocycles. The molecule has 0 amide bonds. The Bertz CT molecular complexity index is 726. The molecular weight excluding hydrogens is 352 g/mol. The Balaban J connectivity index is 3.05. The second-order valence-electron chi connectivity index (χ2n) is 6.27. The third kappa shape index (κ3) is 6.40. The molecule has 9 nitrogen and oxygen atoms in total. The van der Waals surface area contributed by atoms with Crippen molar-refractivity contribution in [2.24, 2.45) is 0 Å². The maximum Gasteiger partial charge on any atom is 0.318 e. The normalized spacial score (nSPS) is 12.3. The van der Waals surface area contributed by atoms with Gasteiger partial charge in [0.05, 0.1) is 10.5 Å². The summed E-state index contributed by atoms with van der Waals surface area (Å²) in [4.78, 5) is 20.8. The predicted octanol–water partition coefficient (Wildman–Crippen LogP) is 1.88. The van der Waals surface area contributed by atoms with E-state index < -0.39 is 43.6 Å². The van der Waals surface area contributed by atoms with Gasteiger partial charge in [-0.25, -0.2) is 8.42 Å². The van der Waals surface area contributed by atoms with E-state index in [1.807, 2.05) is 20.8 Å². The molecule has 0 aliphatic carbocycles. The van der Waals surface area contributed by atoms with Crippen molar-refractivity contribution >= 4 is 21.7 Å². The molecule has 0 unspecified atom stereocenters. The van der Waals surface area contributed by atoms with Gasteiger partial charge in [-0.1, -0.05) is 12.1 Å². The average molecular weight is 374 g/mol. The first-order valence-electron chi connectivity index (χ1n) is 7.54. The predicted molar refractivity (Wildman–Crippen MR) is 89.8 cm³/mol. The van der Waals surface area contributed by atoms with E-state index in [1.165, 1.54) is 12.1 Å². The number of nitro benzene ring substituents is 1. The number of hydrogen-bond acceptors (Lipinski definition) is 6. The molecule has 0 spiro atoms. The van der Waals surface area contributed by atoms with Gasteiger partial charge in [-0.05, 0) is 33.3 Å². The minimum atomic E-state index is -4.33. The first-order valence-corrected chi connectivity index (χ1v) is 8.98. The molecule has 1 aromatic carbocycles. The number of carboxylic acids is 1. The highest BCUT2D eigenvalue weighted by atomic mass is 32.2. The molecule has 0 saturated carbocycles. The molecule has 0 radical (unpaired) electrons. The number of hydrogen-bond donors (Lipinski definition) is 1. The number of nitro groups is 1. The van der Waals surface area contributed by atoms with Gasteiger partial charge in [0, 0.05) is 19.2 Å². The van der Waals surface area contributed by atoms with Crippen molar-refractivity contribution in [3.05, 3.63) is 34.4 Å². The number of nitrogens with zero attached hydrogens (tertiary/aromatic N) is 2. The third-order valence-electron chi connectivity index (χ3n) is 3.08. The minimum Gasteiger partial charge on any atom is -0.480 e. The molecule has 0 bridgehead atoms. The molecule has 10 heteroatoms. The zero-order valence-electron chi connectivity index (χ0n) is 14.3. The molecule has 1 rings (SSSR count). The van der Waals surface area contributed by atoms with Crippen LogP contribution in [0.5, 0.6) is 0 Å². The molecule has 0 aliphatic rings. The van der Waals surface area contributed by atoms with E-state index in [0.717, 1.165) is 12.1 Å². The van der Waals surface area contributed by atoms with Crippen LogP contribution in [0.25, 0.3) is 0 Å². The SMILES string of the molecule is CC(C)(C)OCCCN(CC(=O)O)S(=O)(=O)c1ccccc1[N+](=O)[O-]. The van der Waals surface area contributed by atoms with E-state index >= 15 is 0 Å². The third-order valence-corrected chi connectivity index (χ3v) is 4.97.